The van der Waals surface area contributed by atoms with Crippen LogP contribution in [0.1, 0.15) is 18.1 Å². The molecule has 0 atom stereocenters. The summed E-state index contributed by atoms with van der Waals surface area (Å²) in [7, 11) is 2.15. The third-order valence-corrected chi connectivity index (χ3v) is 7.24. The van der Waals surface area contributed by atoms with E-state index in [0.717, 1.165) is 70.4 Å². The van der Waals surface area contributed by atoms with E-state index >= 15 is 0 Å². The van der Waals surface area contributed by atoms with Crippen molar-refractivity contribution in [3.63, 3.8) is 0 Å². The topological polar surface area (TPSA) is 94.3 Å². The predicted molar refractivity (Wildman–Crippen MR) is 138 cm³/mol. The van der Waals surface area contributed by atoms with Crippen LogP contribution in [-0.2, 0) is 17.7 Å². The number of benzene rings is 1. The molecule has 10 heteroatoms. The number of fused-ring (bicyclic) bond motifs is 1. The van der Waals surface area contributed by atoms with E-state index in [-0.39, 0.29) is 6.09 Å². The summed E-state index contributed by atoms with van der Waals surface area (Å²) in [4.78, 5) is 32.2. The molecular weight excluding hydrogens is 444 g/mol. The number of aromatic nitrogens is 2. The quantitative estimate of drug-likeness (QED) is 0.701. The van der Waals surface area contributed by atoms with E-state index in [2.05, 4.69) is 60.9 Å². The number of carbonyl (C=O) groups is 1. The lowest BCUT2D eigenvalue weighted by Crippen LogP contribution is -2.49. The van der Waals surface area contributed by atoms with Crippen molar-refractivity contribution in [2.24, 2.45) is 0 Å². The molecule has 1 aromatic heterocycles. The molecule has 3 aliphatic heterocycles. The third-order valence-electron chi connectivity index (χ3n) is 7.24. The summed E-state index contributed by atoms with van der Waals surface area (Å²) in [6.45, 7) is 10.9. The minimum atomic E-state index is -0.215. The standard InChI is InChI=1S/C25H36N8O2/c1-3-35-25(34)32-14-12-30(13-15-32)21-5-4-19-6-7-33(18-20(19)16-21)23-17-22(27-24(26)28-23)31-10-8-29(2)9-11-31/h4-5,16-17H,3,6-15,18H2,1-2H3,(H2,26,27,28). The minimum Gasteiger partial charge on any atom is -0.450 e. The Bertz CT molecular complexity index is 1050. The van der Waals surface area contributed by atoms with E-state index in [0.29, 0.717) is 25.6 Å². The smallest absolute Gasteiger partial charge is 0.409 e. The summed E-state index contributed by atoms with van der Waals surface area (Å²) >= 11 is 0. The van der Waals surface area contributed by atoms with Crippen LogP contribution in [0.25, 0.3) is 0 Å². The van der Waals surface area contributed by atoms with Crippen molar-refractivity contribution in [1.82, 2.24) is 19.8 Å². The highest BCUT2D eigenvalue weighted by molar-refractivity contribution is 5.68. The van der Waals surface area contributed by atoms with Gasteiger partial charge >= 0.3 is 6.09 Å². The number of likely N-dealkylation sites (N-methyl/N-ethyl adjacent to an activating group) is 1. The van der Waals surface area contributed by atoms with Gasteiger partial charge in [-0.3, -0.25) is 0 Å². The molecule has 1 aromatic carbocycles. The predicted octanol–water partition coefficient (Wildman–Crippen LogP) is 1.65. The van der Waals surface area contributed by atoms with E-state index < -0.39 is 0 Å². The normalized spacial score (nSPS) is 19.0. The molecule has 0 aliphatic carbocycles. The van der Waals surface area contributed by atoms with E-state index in [9.17, 15) is 4.79 Å². The van der Waals surface area contributed by atoms with Gasteiger partial charge in [0.05, 0.1) is 6.61 Å². The molecule has 10 nitrogen and oxygen atoms in total. The molecule has 2 fully saturated rings. The molecule has 0 radical (unpaired) electrons. The van der Waals surface area contributed by atoms with Crippen molar-refractivity contribution in [1.29, 1.82) is 0 Å². The summed E-state index contributed by atoms with van der Waals surface area (Å²) in [6, 6.07) is 8.85. The molecule has 2 aromatic rings. The van der Waals surface area contributed by atoms with E-state index in [4.69, 9.17) is 10.5 Å². The Labute approximate surface area is 207 Å². The van der Waals surface area contributed by atoms with E-state index in [1.54, 1.807) is 4.90 Å². The van der Waals surface area contributed by atoms with E-state index in [1.807, 2.05) is 6.92 Å². The molecule has 4 heterocycles. The van der Waals surface area contributed by atoms with Crippen molar-refractivity contribution >= 4 is 29.4 Å². The molecule has 0 saturated carbocycles. The van der Waals surface area contributed by atoms with Gasteiger partial charge < -0.3 is 35.0 Å². The van der Waals surface area contributed by atoms with Gasteiger partial charge in [-0.1, -0.05) is 6.07 Å². The number of amides is 1. The number of nitrogen functional groups attached to an aromatic ring is 1. The van der Waals surface area contributed by atoms with Crippen LogP contribution in [0.5, 0.6) is 0 Å². The number of nitrogens with two attached hydrogens (primary N) is 1. The van der Waals surface area contributed by atoms with Gasteiger partial charge in [0.1, 0.15) is 11.6 Å². The Hall–Kier alpha value is -3.27. The molecule has 0 spiro atoms. The SMILES string of the molecule is CCOC(=O)N1CCN(c2ccc3c(c2)CN(c2cc(N4CCN(C)CC4)nc(N)n2)CC3)CC1. The summed E-state index contributed by atoms with van der Waals surface area (Å²) in [5.74, 6) is 2.14. The van der Waals surface area contributed by atoms with Crippen LogP contribution in [0, 0.1) is 0 Å². The van der Waals surface area contributed by atoms with Crippen LogP contribution in [0.15, 0.2) is 24.3 Å². The maximum Gasteiger partial charge on any atom is 0.409 e. The van der Waals surface area contributed by atoms with Crippen LogP contribution in [0.3, 0.4) is 0 Å². The second-order valence-corrected chi connectivity index (χ2v) is 9.53. The molecule has 35 heavy (non-hydrogen) atoms. The first kappa shape index (κ1) is 23.5. The Balaban J connectivity index is 1.28. The molecule has 2 N–H and O–H groups in total. The van der Waals surface area contributed by atoms with Crippen LogP contribution in [0.2, 0.25) is 0 Å². The molecule has 188 valence electrons. The summed E-state index contributed by atoms with van der Waals surface area (Å²) in [5.41, 5.74) is 10.0. The summed E-state index contributed by atoms with van der Waals surface area (Å²) in [6.07, 6.45) is 0.758. The van der Waals surface area contributed by atoms with Gasteiger partial charge in [-0.15, -0.1) is 0 Å². The molecule has 5 rings (SSSR count). The fourth-order valence-corrected chi connectivity index (χ4v) is 5.10. The van der Waals surface area contributed by atoms with Crippen LogP contribution in [0.4, 0.5) is 28.1 Å². The Morgan fingerprint density at radius 2 is 1.57 bits per heavy atom. The lowest BCUT2D eigenvalue weighted by Gasteiger charge is -2.37. The maximum absolute atomic E-state index is 12.0. The van der Waals surface area contributed by atoms with Crippen LogP contribution < -0.4 is 20.4 Å². The van der Waals surface area contributed by atoms with Gasteiger partial charge in [-0.2, -0.15) is 9.97 Å². The van der Waals surface area contributed by atoms with E-state index in [1.165, 1.54) is 16.8 Å². The highest BCUT2D eigenvalue weighted by Gasteiger charge is 2.25. The van der Waals surface area contributed by atoms with Crippen LogP contribution in [-0.4, -0.2) is 98.4 Å². The Morgan fingerprint density at radius 1 is 0.886 bits per heavy atom. The first-order valence-electron chi connectivity index (χ1n) is 12.6. The second-order valence-electron chi connectivity index (χ2n) is 9.53. The van der Waals surface area contributed by atoms with Gasteiger partial charge in [0, 0.05) is 77.2 Å². The highest BCUT2D eigenvalue weighted by Crippen LogP contribution is 2.29. The second kappa shape index (κ2) is 10.2. The zero-order valence-electron chi connectivity index (χ0n) is 20.8. The van der Waals surface area contributed by atoms with Crippen LogP contribution >= 0.6 is 0 Å². The van der Waals surface area contributed by atoms with Gasteiger partial charge in [-0.25, -0.2) is 4.79 Å². The number of anilines is 4. The summed E-state index contributed by atoms with van der Waals surface area (Å²) in [5, 5.41) is 0. The fourth-order valence-electron chi connectivity index (χ4n) is 5.10. The van der Waals surface area contributed by atoms with Crippen molar-refractivity contribution in [3.8, 4) is 0 Å². The lowest BCUT2D eigenvalue weighted by molar-refractivity contribution is 0.105. The van der Waals surface area contributed by atoms with Crippen molar-refractivity contribution in [3.05, 3.63) is 35.4 Å². The fraction of sp³-hybridized carbons (Fsp3) is 0.560. The monoisotopic (exact) mass is 480 g/mol. The Kier molecular flexibility index (Phi) is 6.81. The number of carbonyl (C=O) groups excluding carboxylic acids is 1. The molecule has 2 saturated heterocycles. The van der Waals surface area contributed by atoms with Crippen molar-refractivity contribution < 1.29 is 9.53 Å². The lowest BCUT2D eigenvalue weighted by atomic mass is 9.98. The molecule has 3 aliphatic rings. The Morgan fingerprint density at radius 3 is 2.29 bits per heavy atom. The van der Waals surface area contributed by atoms with Gasteiger partial charge in [0.25, 0.3) is 0 Å². The number of rotatable bonds is 4. The van der Waals surface area contributed by atoms with Gasteiger partial charge in [0.2, 0.25) is 5.95 Å². The number of hydrogen-bond acceptors (Lipinski definition) is 9. The minimum absolute atomic E-state index is 0.215. The average Bonchev–Trinajstić information content (AvgIpc) is 2.88. The maximum atomic E-state index is 12.0. The molecule has 0 unspecified atom stereocenters. The molecule has 0 bridgehead atoms. The largest absolute Gasteiger partial charge is 0.450 e. The number of nitrogens with zero attached hydrogens (tertiary/aromatic N) is 7. The number of ether oxygens (including phenoxy) is 1. The zero-order chi connectivity index (χ0) is 24.4. The van der Waals surface area contributed by atoms with Crippen molar-refractivity contribution in [2.75, 3.05) is 93.0 Å². The van der Waals surface area contributed by atoms with Crippen molar-refractivity contribution in [2.45, 2.75) is 19.9 Å². The number of hydrogen-bond donors (Lipinski definition) is 1. The number of piperazine rings is 2. The zero-order valence-corrected chi connectivity index (χ0v) is 20.8. The third kappa shape index (κ3) is 5.22. The first-order chi connectivity index (χ1) is 17.0. The molecule has 1 amide bonds. The average molecular weight is 481 g/mol. The van der Waals surface area contributed by atoms with Gasteiger partial charge in [-0.05, 0) is 43.7 Å². The highest BCUT2D eigenvalue weighted by atomic mass is 16.6. The summed E-state index contributed by atoms with van der Waals surface area (Å²) < 4.78 is 5.15. The van der Waals surface area contributed by atoms with Gasteiger partial charge in [0.15, 0.2) is 0 Å². The molecular formula is C25H36N8O2. The first-order valence-corrected chi connectivity index (χ1v) is 12.6.